The molecule has 7 heteroatoms. The Bertz CT molecular complexity index is 502. The summed E-state index contributed by atoms with van der Waals surface area (Å²) >= 11 is 0. The third kappa shape index (κ3) is 2.97. The monoisotopic (exact) mass is 274 g/mol. The van der Waals surface area contributed by atoms with Gasteiger partial charge < -0.3 is 10.4 Å². The second kappa shape index (κ2) is 4.71. The Morgan fingerprint density at radius 3 is 2.68 bits per heavy atom. The van der Waals surface area contributed by atoms with Crippen LogP contribution in [-0.4, -0.2) is 22.1 Å². The number of halogens is 3. The molecule has 2 N–H and O–H groups in total. The standard InChI is InChI=1S/C12H13F3N2O2/c1-2-6-5-8(6)16-10-7(11(18)19)3-4-9(17-10)12(13,14)15/h3-4,6,8H,2,5H2,1H3,(H,16,17)(H,18,19). The maximum Gasteiger partial charge on any atom is 0.433 e. The van der Waals surface area contributed by atoms with Gasteiger partial charge in [-0.1, -0.05) is 13.3 Å². The maximum absolute atomic E-state index is 12.6. The predicted molar refractivity (Wildman–Crippen MR) is 62.0 cm³/mol. The molecule has 104 valence electrons. The molecule has 0 radical (unpaired) electrons. The molecule has 1 aliphatic rings. The van der Waals surface area contributed by atoms with Gasteiger partial charge in [-0.2, -0.15) is 13.2 Å². The molecule has 0 saturated heterocycles. The fraction of sp³-hybridized carbons (Fsp3) is 0.500. The van der Waals surface area contributed by atoms with E-state index < -0.39 is 17.8 Å². The van der Waals surface area contributed by atoms with Gasteiger partial charge in [-0.3, -0.25) is 0 Å². The first-order valence-electron chi connectivity index (χ1n) is 5.91. The molecule has 0 spiro atoms. The molecule has 1 saturated carbocycles. The number of rotatable bonds is 4. The lowest BCUT2D eigenvalue weighted by Crippen LogP contribution is -2.15. The Hall–Kier alpha value is -1.79. The number of nitrogens with one attached hydrogen (secondary N) is 1. The van der Waals surface area contributed by atoms with E-state index in [-0.39, 0.29) is 17.4 Å². The van der Waals surface area contributed by atoms with Crippen molar-refractivity contribution >= 4 is 11.8 Å². The topological polar surface area (TPSA) is 62.2 Å². The molecule has 1 aromatic rings. The van der Waals surface area contributed by atoms with Crippen LogP contribution in [0.4, 0.5) is 19.0 Å². The second-order valence-corrected chi connectivity index (χ2v) is 4.55. The summed E-state index contributed by atoms with van der Waals surface area (Å²) in [6, 6.07) is 1.63. The van der Waals surface area contributed by atoms with Crippen LogP contribution < -0.4 is 5.32 Å². The minimum Gasteiger partial charge on any atom is -0.478 e. The zero-order valence-corrected chi connectivity index (χ0v) is 10.2. The fourth-order valence-electron chi connectivity index (χ4n) is 1.95. The van der Waals surface area contributed by atoms with Gasteiger partial charge in [-0.25, -0.2) is 9.78 Å². The third-order valence-electron chi connectivity index (χ3n) is 3.19. The number of anilines is 1. The van der Waals surface area contributed by atoms with Crippen LogP contribution in [0.1, 0.15) is 35.8 Å². The Morgan fingerprint density at radius 1 is 1.53 bits per heavy atom. The highest BCUT2D eigenvalue weighted by atomic mass is 19.4. The van der Waals surface area contributed by atoms with Gasteiger partial charge in [0, 0.05) is 6.04 Å². The van der Waals surface area contributed by atoms with E-state index in [9.17, 15) is 18.0 Å². The molecule has 2 atom stereocenters. The summed E-state index contributed by atoms with van der Waals surface area (Å²) < 4.78 is 37.7. The molecule has 1 fully saturated rings. The third-order valence-corrected chi connectivity index (χ3v) is 3.19. The van der Waals surface area contributed by atoms with E-state index in [0.717, 1.165) is 18.9 Å². The lowest BCUT2D eigenvalue weighted by atomic mass is 10.2. The Labute approximate surface area is 107 Å². The predicted octanol–water partition coefficient (Wildman–Crippen LogP) is 3.01. The summed E-state index contributed by atoms with van der Waals surface area (Å²) in [6.45, 7) is 1.98. The first kappa shape index (κ1) is 13.6. The van der Waals surface area contributed by atoms with Crippen molar-refractivity contribution in [3.8, 4) is 0 Å². The first-order valence-corrected chi connectivity index (χ1v) is 5.91. The van der Waals surface area contributed by atoms with Crippen LogP contribution in [0.3, 0.4) is 0 Å². The Morgan fingerprint density at radius 2 is 2.21 bits per heavy atom. The average molecular weight is 274 g/mol. The summed E-state index contributed by atoms with van der Waals surface area (Å²) in [5, 5.41) is 11.7. The number of carbonyl (C=O) groups is 1. The summed E-state index contributed by atoms with van der Waals surface area (Å²) in [5.41, 5.74) is -1.33. The highest BCUT2D eigenvalue weighted by Crippen LogP contribution is 2.37. The van der Waals surface area contributed by atoms with Crippen molar-refractivity contribution in [3.63, 3.8) is 0 Å². The Balaban J connectivity index is 2.29. The largest absolute Gasteiger partial charge is 0.478 e. The highest BCUT2D eigenvalue weighted by Gasteiger charge is 2.38. The van der Waals surface area contributed by atoms with Gasteiger partial charge in [0.2, 0.25) is 0 Å². The summed E-state index contributed by atoms with van der Waals surface area (Å²) in [5.74, 6) is -1.13. The minimum atomic E-state index is -4.58. The fourth-order valence-corrected chi connectivity index (χ4v) is 1.95. The molecular weight excluding hydrogens is 261 g/mol. The van der Waals surface area contributed by atoms with Gasteiger partial charge in [0.15, 0.2) is 0 Å². The van der Waals surface area contributed by atoms with E-state index in [4.69, 9.17) is 5.11 Å². The van der Waals surface area contributed by atoms with Crippen molar-refractivity contribution < 1.29 is 23.1 Å². The van der Waals surface area contributed by atoms with Crippen LogP contribution in [0.5, 0.6) is 0 Å². The van der Waals surface area contributed by atoms with Crippen molar-refractivity contribution in [2.45, 2.75) is 32.0 Å². The lowest BCUT2D eigenvalue weighted by molar-refractivity contribution is -0.141. The molecule has 2 unspecified atom stereocenters. The number of aromatic nitrogens is 1. The van der Waals surface area contributed by atoms with Gasteiger partial charge >= 0.3 is 12.1 Å². The normalized spacial score (nSPS) is 22.1. The van der Waals surface area contributed by atoms with Crippen LogP contribution >= 0.6 is 0 Å². The van der Waals surface area contributed by atoms with Crippen LogP contribution in [-0.2, 0) is 6.18 Å². The molecule has 1 heterocycles. The minimum absolute atomic E-state index is 0.0130. The lowest BCUT2D eigenvalue weighted by Gasteiger charge is -2.12. The van der Waals surface area contributed by atoms with E-state index in [0.29, 0.717) is 12.0 Å². The summed E-state index contributed by atoms with van der Waals surface area (Å²) in [6.07, 6.45) is -2.85. The number of hydrogen-bond donors (Lipinski definition) is 2. The van der Waals surface area contributed by atoms with Crippen molar-refractivity contribution in [1.82, 2.24) is 4.98 Å². The first-order chi connectivity index (χ1) is 8.82. The van der Waals surface area contributed by atoms with E-state index >= 15 is 0 Å². The van der Waals surface area contributed by atoms with Gasteiger partial charge in [-0.15, -0.1) is 0 Å². The van der Waals surface area contributed by atoms with E-state index in [2.05, 4.69) is 10.3 Å². The highest BCUT2D eigenvalue weighted by molar-refractivity contribution is 5.93. The van der Waals surface area contributed by atoms with Crippen molar-refractivity contribution in [2.24, 2.45) is 5.92 Å². The van der Waals surface area contributed by atoms with Gasteiger partial charge in [0.05, 0.1) is 0 Å². The second-order valence-electron chi connectivity index (χ2n) is 4.55. The number of carboxylic acid groups (broad SMARTS) is 1. The SMILES string of the molecule is CCC1CC1Nc1nc(C(F)(F)F)ccc1C(=O)O. The maximum atomic E-state index is 12.6. The van der Waals surface area contributed by atoms with Gasteiger partial charge in [0.25, 0.3) is 0 Å². The summed E-state index contributed by atoms with van der Waals surface area (Å²) in [7, 11) is 0. The van der Waals surface area contributed by atoms with E-state index in [1.807, 2.05) is 6.92 Å². The smallest absolute Gasteiger partial charge is 0.433 e. The molecule has 19 heavy (non-hydrogen) atoms. The number of hydrogen-bond acceptors (Lipinski definition) is 3. The molecule has 0 amide bonds. The zero-order chi connectivity index (χ0) is 14.2. The van der Waals surface area contributed by atoms with Crippen LogP contribution in [0.25, 0.3) is 0 Å². The van der Waals surface area contributed by atoms with Crippen molar-refractivity contribution in [2.75, 3.05) is 5.32 Å². The zero-order valence-electron chi connectivity index (χ0n) is 10.2. The van der Waals surface area contributed by atoms with E-state index in [1.165, 1.54) is 0 Å². The molecule has 0 aliphatic heterocycles. The van der Waals surface area contributed by atoms with Gasteiger partial charge in [-0.05, 0) is 24.5 Å². The number of nitrogens with zero attached hydrogens (tertiary/aromatic N) is 1. The van der Waals surface area contributed by atoms with Crippen molar-refractivity contribution in [3.05, 3.63) is 23.4 Å². The average Bonchev–Trinajstić information content (AvgIpc) is 3.06. The number of alkyl halides is 3. The summed E-state index contributed by atoms with van der Waals surface area (Å²) in [4.78, 5) is 14.4. The quantitative estimate of drug-likeness (QED) is 0.886. The molecule has 4 nitrogen and oxygen atoms in total. The molecule has 1 aliphatic carbocycles. The van der Waals surface area contributed by atoms with Crippen molar-refractivity contribution in [1.29, 1.82) is 0 Å². The van der Waals surface area contributed by atoms with Crippen LogP contribution in [0, 0.1) is 5.92 Å². The number of carboxylic acids is 1. The number of aromatic carboxylic acids is 1. The molecular formula is C12H13F3N2O2. The van der Waals surface area contributed by atoms with Gasteiger partial charge in [0.1, 0.15) is 17.1 Å². The van der Waals surface area contributed by atoms with Crippen LogP contribution in [0.2, 0.25) is 0 Å². The number of pyridine rings is 1. The van der Waals surface area contributed by atoms with Crippen LogP contribution in [0.15, 0.2) is 12.1 Å². The molecule has 0 bridgehead atoms. The molecule has 0 aromatic carbocycles. The molecule has 1 aromatic heterocycles. The van der Waals surface area contributed by atoms with E-state index in [1.54, 1.807) is 0 Å². The Kier molecular flexibility index (Phi) is 3.38. The molecule has 2 rings (SSSR count).